The van der Waals surface area contributed by atoms with E-state index in [9.17, 15) is 4.79 Å². The highest BCUT2D eigenvalue weighted by Gasteiger charge is 2.31. The van der Waals surface area contributed by atoms with E-state index in [4.69, 9.17) is 9.63 Å². The molecule has 2 rings (SSSR count). The van der Waals surface area contributed by atoms with Crippen molar-refractivity contribution < 1.29 is 14.4 Å². The maximum absolute atomic E-state index is 11.0. The van der Waals surface area contributed by atoms with Gasteiger partial charge in [0.15, 0.2) is 5.82 Å². The number of aryl methyl sites for hydroxylation is 1. The molecule has 0 saturated carbocycles. The molecule has 6 heteroatoms. The van der Waals surface area contributed by atoms with Crippen LogP contribution >= 0.6 is 0 Å². The van der Waals surface area contributed by atoms with Gasteiger partial charge < -0.3 is 9.63 Å². The molecule has 0 aliphatic carbocycles. The van der Waals surface area contributed by atoms with Gasteiger partial charge in [-0.25, -0.2) is 0 Å². The zero-order valence-corrected chi connectivity index (χ0v) is 10.6. The van der Waals surface area contributed by atoms with Gasteiger partial charge in [-0.3, -0.25) is 9.69 Å². The van der Waals surface area contributed by atoms with Crippen molar-refractivity contribution in [3.63, 3.8) is 0 Å². The summed E-state index contributed by atoms with van der Waals surface area (Å²) in [5.41, 5.74) is 0. The second-order valence-electron chi connectivity index (χ2n) is 4.67. The Bertz CT molecular complexity index is 405. The molecule has 1 N–H and O–H groups in total. The average Bonchev–Trinajstić information content (AvgIpc) is 2.96. The van der Waals surface area contributed by atoms with Crippen molar-refractivity contribution in [1.29, 1.82) is 0 Å². The van der Waals surface area contributed by atoms with E-state index >= 15 is 0 Å². The topological polar surface area (TPSA) is 79.5 Å². The summed E-state index contributed by atoms with van der Waals surface area (Å²) in [7, 11) is 0. The Labute approximate surface area is 106 Å². The highest BCUT2D eigenvalue weighted by Crippen LogP contribution is 2.19. The minimum Gasteiger partial charge on any atom is -0.480 e. The number of hydrogen-bond acceptors (Lipinski definition) is 5. The number of carboxylic acid groups (broad SMARTS) is 1. The van der Waals surface area contributed by atoms with Gasteiger partial charge in [0.2, 0.25) is 5.89 Å². The summed E-state index contributed by atoms with van der Waals surface area (Å²) < 4.78 is 5.14. The molecule has 1 saturated heterocycles. The van der Waals surface area contributed by atoms with E-state index in [1.54, 1.807) is 0 Å². The number of nitrogens with zero attached hydrogens (tertiary/aromatic N) is 3. The van der Waals surface area contributed by atoms with Crippen LogP contribution in [0.4, 0.5) is 0 Å². The third-order valence-electron chi connectivity index (χ3n) is 3.25. The minimum atomic E-state index is -0.762. The van der Waals surface area contributed by atoms with E-state index in [1.165, 1.54) is 0 Å². The van der Waals surface area contributed by atoms with Crippen LogP contribution in [0.5, 0.6) is 0 Å². The van der Waals surface area contributed by atoms with Crippen LogP contribution in [-0.2, 0) is 17.8 Å². The van der Waals surface area contributed by atoms with Gasteiger partial charge in [0.1, 0.15) is 6.04 Å². The number of carbonyl (C=O) groups is 1. The number of rotatable bonds is 6. The molecule has 100 valence electrons. The summed E-state index contributed by atoms with van der Waals surface area (Å²) in [4.78, 5) is 17.2. The van der Waals surface area contributed by atoms with Gasteiger partial charge in [-0.15, -0.1) is 0 Å². The highest BCUT2D eigenvalue weighted by atomic mass is 16.5. The summed E-state index contributed by atoms with van der Waals surface area (Å²) in [5, 5.41) is 13.0. The van der Waals surface area contributed by atoms with Gasteiger partial charge in [-0.2, -0.15) is 4.98 Å². The lowest BCUT2D eigenvalue weighted by Gasteiger charge is -2.18. The zero-order valence-electron chi connectivity index (χ0n) is 10.6. The van der Waals surface area contributed by atoms with Crippen LogP contribution in [0, 0.1) is 0 Å². The monoisotopic (exact) mass is 253 g/mol. The molecule has 0 amide bonds. The maximum Gasteiger partial charge on any atom is 0.320 e. The molecular weight excluding hydrogens is 234 g/mol. The Hall–Kier alpha value is -1.43. The fraction of sp³-hybridized carbons (Fsp3) is 0.750. The molecule has 1 fully saturated rings. The van der Waals surface area contributed by atoms with Crippen molar-refractivity contribution in [2.75, 3.05) is 6.54 Å². The van der Waals surface area contributed by atoms with Crippen LogP contribution in [0.2, 0.25) is 0 Å². The summed E-state index contributed by atoms with van der Waals surface area (Å²) in [5.74, 6) is 0.481. The molecule has 6 nitrogen and oxygen atoms in total. The van der Waals surface area contributed by atoms with Crippen LogP contribution in [0.15, 0.2) is 4.52 Å². The lowest BCUT2D eigenvalue weighted by molar-refractivity contribution is -0.142. The van der Waals surface area contributed by atoms with Gasteiger partial charge >= 0.3 is 5.97 Å². The fourth-order valence-corrected chi connectivity index (χ4v) is 2.26. The van der Waals surface area contributed by atoms with E-state index < -0.39 is 12.0 Å². The summed E-state index contributed by atoms with van der Waals surface area (Å²) in [6, 6.07) is -0.400. The minimum absolute atomic E-state index is 0.400. The predicted molar refractivity (Wildman–Crippen MR) is 64.0 cm³/mol. The fourth-order valence-electron chi connectivity index (χ4n) is 2.26. The molecule has 0 bridgehead atoms. The molecule has 0 spiro atoms. The van der Waals surface area contributed by atoms with Crippen LogP contribution in [-0.4, -0.2) is 38.7 Å². The number of aromatic nitrogens is 2. The molecule has 1 unspecified atom stereocenters. The SMILES string of the molecule is CCCCc1nc(CN2CCCC2C(=O)O)no1. The van der Waals surface area contributed by atoms with Crippen molar-refractivity contribution in [2.45, 2.75) is 51.6 Å². The number of carboxylic acids is 1. The maximum atomic E-state index is 11.0. The Kier molecular flexibility index (Phi) is 4.30. The Morgan fingerprint density at radius 1 is 1.61 bits per heavy atom. The van der Waals surface area contributed by atoms with E-state index in [2.05, 4.69) is 17.1 Å². The molecule has 18 heavy (non-hydrogen) atoms. The molecule has 1 aromatic rings. The number of likely N-dealkylation sites (tertiary alicyclic amines) is 1. The number of unbranched alkanes of at least 4 members (excludes halogenated alkanes) is 1. The van der Waals surface area contributed by atoms with Crippen LogP contribution < -0.4 is 0 Å². The Morgan fingerprint density at radius 2 is 2.44 bits per heavy atom. The van der Waals surface area contributed by atoms with Crippen molar-refractivity contribution in [3.8, 4) is 0 Å². The normalized spacial score (nSPS) is 20.4. The van der Waals surface area contributed by atoms with E-state index in [1.807, 2.05) is 4.90 Å². The molecule has 0 aromatic carbocycles. The first-order valence-electron chi connectivity index (χ1n) is 6.49. The van der Waals surface area contributed by atoms with Gasteiger partial charge in [0, 0.05) is 6.42 Å². The smallest absolute Gasteiger partial charge is 0.320 e. The van der Waals surface area contributed by atoms with Crippen molar-refractivity contribution in [1.82, 2.24) is 15.0 Å². The second-order valence-corrected chi connectivity index (χ2v) is 4.67. The zero-order chi connectivity index (χ0) is 13.0. The Morgan fingerprint density at radius 3 is 3.17 bits per heavy atom. The molecule has 1 aliphatic heterocycles. The van der Waals surface area contributed by atoms with Gasteiger partial charge in [0.25, 0.3) is 0 Å². The molecular formula is C12H19N3O3. The van der Waals surface area contributed by atoms with E-state index in [-0.39, 0.29) is 0 Å². The molecule has 1 aromatic heterocycles. The molecule has 1 aliphatic rings. The number of aliphatic carboxylic acids is 1. The Balaban J connectivity index is 1.92. The summed E-state index contributed by atoms with van der Waals surface area (Å²) in [6.07, 6.45) is 4.53. The standard InChI is InChI=1S/C12H19N3O3/c1-2-3-6-11-13-10(14-18-11)8-15-7-4-5-9(15)12(16)17/h9H,2-8H2,1H3,(H,16,17). The third-order valence-corrected chi connectivity index (χ3v) is 3.25. The van der Waals surface area contributed by atoms with Gasteiger partial charge in [0.05, 0.1) is 6.54 Å². The average molecular weight is 253 g/mol. The first-order valence-corrected chi connectivity index (χ1v) is 6.49. The van der Waals surface area contributed by atoms with E-state index in [0.717, 1.165) is 32.2 Å². The van der Waals surface area contributed by atoms with Gasteiger partial charge in [-0.05, 0) is 25.8 Å². The lowest BCUT2D eigenvalue weighted by Crippen LogP contribution is -2.35. The van der Waals surface area contributed by atoms with Crippen LogP contribution in [0.25, 0.3) is 0 Å². The molecule has 2 heterocycles. The largest absolute Gasteiger partial charge is 0.480 e. The molecule has 0 radical (unpaired) electrons. The lowest BCUT2D eigenvalue weighted by atomic mass is 10.2. The highest BCUT2D eigenvalue weighted by molar-refractivity contribution is 5.73. The number of hydrogen-bond donors (Lipinski definition) is 1. The summed E-state index contributed by atoms with van der Waals surface area (Å²) >= 11 is 0. The quantitative estimate of drug-likeness (QED) is 0.826. The second kappa shape index (κ2) is 5.95. The van der Waals surface area contributed by atoms with E-state index in [0.29, 0.717) is 24.7 Å². The van der Waals surface area contributed by atoms with Crippen LogP contribution in [0.1, 0.15) is 44.3 Å². The van der Waals surface area contributed by atoms with Gasteiger partial charge in [-0.1, -0.05) is 18.5 Å². The van der Waals surface area contributed by atoms with Crippen molar-refractivity contribution in [3.05, 3.63) is 11.7 Å². The van der Waals surface area contributed by atoms with Crippen LogP contribution in [0.3, 0.4) is 0 Å². The molecule has 1 atom stereocenters. The third kappa shape index (κ3) is 3.07. The first-order chi connectivity index (χ1) is 8.70. The van der Waals surface area contributed by atoms with Crippen molar-refractivity contribution in [2.24, 2.45) is 0 Å². The van der Waals surface area contributed by atoms with Crippen molar-refractivity contribution >= 4 is 5.97 Å². The summed E-state index contributed by atoms with van der Waals surface area (Å²) in [6.45, 7) is 3.36. The first kappa shape index (κ1) is 13.0. The predicted octanol–water partition coefficient (Wildman–Crippen LogP) is 1.46.